The number of nitrogens with zero attached hydrogens (tertiary/aromatic N) is 1. The highest BCUT2D eigenvalue weighted by molar-refractivity contribution is 7.80. The summed E-state index contributed by atoms with van der Waals surface area (Å²) in [4.78, 5) is 23.4. The lowest BCUT2D eigenvalue weighted by Crippen LogP contribution is -2.34. The summed E-state index contributed by atoms with van der Waals surface area (Å²) >= 11 is 4.91. The number of thiocarbonyl (C=S) groups is 1. The molecule has 6 nitrogen and oxygen atoms in total. The molecule has 1 fully saturated rings. The van der Waals surface area contributed by atoms with Gasteiger partial charge in [0.05, 0.1) is 19.6 Å². The molecule has 1 saturated heterocycles. The van der Waals surface area contributed by atoms with Gasteiger partial charge in [-0.1, -0.05) is 0 Å². The molecule has 1 atom stereocenters. The van der Waals surface area contributed by atoms with E-state index in [-0.39, 0.29) is 17.4 Å². The Hall–Kier alpha value is -1.21. The number of rotatable bonds is 5. The second kappa shape index (κ2) is 5.04. The number of nitrogens with one attached hydrogen (secondary N) is 1. The topological polar surface area (TPSA) is 78.9 Å². The molecular weight excluding hydrogens is 220 g/mol. The smallest absolute Gasteiger partial charge is 0.305 e. The summed E-state index contributed by atoms with van der Waals surface area (Å²) in [7, 11) is 1.52. The molecule has 0 aromatic carbocycles. The van der Waals surface area contributed by atoms with Crippen molar-refractivity contribution in [3.63, 3.8) is 0 Å². The van der Waals surface area contributed by atoms with Gasteiger partial charge in [-0.3, -0.25) is 14.5 Å². The zero-order chi connectivity index (χ0) is 11.4. The summed E-state index contributed by atoms with van der Waals surface area (Å²) in [5.41, 5.74) is 0. The molecule has 0 aromatic heterocycles. The van der Waals surface area contributed by atoms with E-state index >= 15 is 0 Å². The minimum Gasteiger partial charge on any atom is -0.481 e. The number of ether oxygens (including phenoxy) is 1. The zero-order valence-electron chi connectivity index (χ0n) is 8.23. The van der Waals surface area contributed by atoms with E-state index < -0.39 is 12.0 Å². The molecule has 2 N–H and O–H groups in total. The molecule has 0 spiro atoms. The molecule has 1 aliphatic heterocycles. The van der Waals surface area contributed by atoms with Gasteiger partial charge in [0.2, 0.25) is 0 Å². The van der Waals surface area contributed by atoms with Crippen LogP contribution in [0.4, 0.5) is 0 Å². The van der Waals surface area contributed by atoms with E-state index in [4.69, 9.17) is 22.1 Å². The maximum Gasteiger partial charge on any atom is 0.305 e. The highest BCUT2D eigenvalue weighted by atomic mass is 32.1. The van der Waals surface area contributed by atoms with Crippen LogP contribution < -0.4 is 5.32 Å². The number of aliphatic carboxylic acids is 1. The Morgan fingerprint density at radius 1 is 1.73 bits per heavy atom. The van der Waals surface area contributed by atoms with Gasteiger partial charge in [-0.05, 0) is 12.2 Å². The predicted molar refractivity (Wildman–Crippen MR) is 55.4 cm³/mol. The number of carbonyl (C=O) groups excluding carboxylic acids is 1. The summed E-state index contributed by atoms with van der Waals surface area (Å²) in [6.07, 6.45) is -0.261. The van der Waals surface area contributed by atoms with Crippen LogP contribution >= 0.6 is 12.2 Å². The van der Waals surface area contributed by atoms with Gasteiger partial charge in [-0.2, -0.15) is 0 Å². The van der Waals surface area contributed by atoms with E-state index in [1.54, 1.807) is 0 Å². The predicted octanol–water partition coefficient (Wildman–Crippen LogP) is -0.807. The fourth-order valence-electron chi connectivity index (χ4n) is 1.28. The SMILES string of the molecule is COCCN1C(=O)[C@@H](CC(=O)O)NC1=S. The van der Waals surface area contributed by atoms with Gasteiger partial charge in [0.25, 0.3) is 5.91 Å². The fourth-order valence-corrected chi connectivity index (χ4v) is 1.61. The second-order valence-electron chi connectivity index (χ2n) is 3.08. The summed E-state index contributed by atoms with van der Waals surface area (Å²) in [6.45, 7) is 0.713. The Bertz CT molecular complexity index is 294. The summed E-state index contributed by atoms with van der Waals surface area (Å²) < 4.78 is 4.82. The lowest BCUT2D eigenvalue weighted by molar-refractivity contribution is -0.140. The molecule has 0 bridgehead atoms. The average molecular weight is 232 g/mol. The summed E-state index contributed by atoms with van der Waals surface area (Å²) in [5, 5.41) is 11.5. The lowest BCUT2D eigenvalue weighted by atomic mass is 10.2. The molecule has 84 valence electrons. The number of hydrogen-bond donors (Lipinski definition) is 2. The van der Waals surface area contributed by atoms with Crippen molar-refractivity contribution in [2.45, 2.75) is 12.5 Å². The van der Waals surface area contributed by atoms with Gasteiger partial charge in [0.1, 0.15) is 6.04 Å². The van der Waals surface area contributed by atoms with E-state index in [0.29, 0.717) is 13.2 Å². The van der Waals surface area contributed by atoms with E-state index in [0.717, 1.165) is 0 Å². The average Bonchev–Trinajstić information content (AvgIpc) is 2.39. The molecule has 1 rings (SSSR count). The van der Waals surface area contributed by atoms with Crippen LogP contribution in [-0.2, 0) is 14.3 Å². The largest absolute Gasteiger partial charge is 0.481 e. The summed E-state index contributed by atoms with van der Waals surface area (Å²) in [6, 6.07) is -0.744. The van der Waals surface area contributed by atoms with E-state index in [1.165, 1.54) is 12.0 Å². The maximum absolute atomic E-state index is 11.6. The normalized spacial score (nSPS) is 20.6. The van der Waals surface area contributed by atoms with Crippen LogP contribution in [0.15, 0.2) is 0 Å². The van der Waals surface area contributed by atoms with Crippen molar-refractivity contribution in [3.05, 3.63) is 0 Å². The first-order valence-electron chi connectivity index (χ1n) is 4.39. The van der Waals surface area contributed by atoms with Crippen molar-refractivity contribution in [1.82, 2.24) is 10.2 Å². The van der Waals surface area contributed by atoms with Crippen LogP contribution in [0, 0.1) is 0 Å². The molecule has 0 unspecified atom stereocenters. The number of carbonyl (C=O) groups is 2. The monoisotopic (exact) mass is 232 g/mol. The van der Waals surface area contributed by atoms with Crippen molar-refractivity contribution in [2.24, 2.45) is 0 Å². The van der Waals surface area contributed by atoms with Crippen LogP contribution in [0.3, 0.4) is 0 Å². The Balaban J connectivity index is 2.58. The first-order chi connectivity index (χ1) is 7.06. The minimum atomic E-state index is -1.03. The van der Waals surface area contributed by atoms with E-state index in [9.17, 15) is 9.59 Å². The number of carboxylic acids is 1. The Morgan fingerprint density at radius 3 is 2.93 bits per heavy atom. The third-order valence-electron chi connectivity index (χ3n) is 2.00. The van der Waals surface area contributed by atoms with Gasteiger partial charge >= 0.3 is 5.97 Å². The van der Waals surface area contributed by atoms with Gasteiger partial charge in [0, 0.05) is 7.11 Å². The van der Waals surface area contributed by atoms with Crippen LogP contribution in [-0.4, -0.2) is 53.3 Å². The molecule has 1 amide bonds. The standard InChI is InChI=1S/C8H12N2O4S/c1-14-3-2-10-7(13)5(4-6(11)12)9-8(10)15/h5H,2-4H2,1H3,(H,9,15)(H,11,12)/t5-/m1/s1. The number of amides is 1. The lowest BCUT2D eigenvalue weighted by Gasteiger charge is -2.13. The van der Waals surface area contributed by atoms with Gasteiger partial charge in [-0.25, -0.2) is 0 Å². The van der Waals surface area contributed by atoms with Gasteiger partial charge < -0.3 is 15.2 Å². The first-order valence-corrected chi connectivity index (χ1v) is 4.79. The molecule has 0 saturated carbocycles. The van der Waals surface area contributed by atoms with E-state index in [2.05, 4.69) is 5.32 Å². The van der Waals surface area contributed by atoms with Crippen molar-refractivity contribution in [1.29, 1.82) is 0 Å². The zero-order valence-corrected chi connectivity index (χ0v) is 9.04. The molecule has 7 heteroatoms. The molecule has 1 heterocycles. The quantitative estimate of drug-likeness (QED) is 0.604. The Morgan fingerprint density at radius 2 is 2.40 bits per heavy atom. The Kier molecular flexibility index (Phi) is 3.98. The number of methoxy groups -OCH3 is 1. The van der Waals surface area contributed by atoms with Crippen LogP contribution in [0.2, 0.25) is 0 Å². The molecule has 0 aliphatic carbocycles. The number of carboxylic acid groups (broad SMARTS) is 1. The Labute approximate surface area is 92.2 Å². The molecule has 1 aliphatic rings. The minimum absolute atomic E-state index is 0.261. The van der Waals surface area contributed by atoms with Gasteiger partial charge in [0.15, 0.2) is 5.11 Å². The number of hydrogen-bond acceptors (Lipinski definition) is 4. The fraction of sp³-hybridized carbons (Fsp3) is 0.625. The van der Waals surface area contributed by atoms with Crippen LogP contribution in [0.25, 0.3) is 0 Å². The van der Waals surface area contributed by atoms with E-state index in [1.807, 2.05) is 0 Å². The maximum atomic E-state index is 11.6. The third-order valence-corrected chi connectivity index (χ3v) is 2.34. The summed E-state index contributed by atoms with van der Waals surface area (Å²) in [5.74, 6) is -1.34. The third kappa shape index (κ3) is 2.87. The van der Waals surface area contributed by atoms with Crippen molar-refractivity contribution < 1.29 is 19.4 Å². The molecule has 15 heavy (non-hydrogen) atoms. The van der Waals surface area contributed by atoms with Crippen molar-refractivity contribution in [3.8, 4) is 0 Å². The van der Waals surface area contributed by atoms with Crippen LogP contribution in [0.5, 0.6) is 0 Å². The first kappa shape index (κ1) is 11.9. The van der Waals surface area contributed by atoms with Gasteiger partial charge in [-0.15, -0.1) is 0 Å². The molecular formula is C8H12N2O4S. The van der Waals surface area contributed by atoms with Crippen LogP contribution in [0.1, 0.15) is 6.42 Å². The molecule has 0 radical (unpaired) electrons. The highest BCUT2D eigenvalue weighted by Gasteiger charge is 2.36. The second-order valence-corrected chi connectivity index (χ2v) is 3.47. The highest BCUT2D eigenvalue weighted by Crippen LogP contribution is 2.09. The van der Waals surface area contributed by atoms with Crippen molar-refractivity contribution in [2.75, 3.05) is 20.3 Å². The van der Waals surface area contributed by atoms with Crippen molar-refractivity contribution >= 4 is 29.2 Å². The molecule has 0 aromatic rings.